The van der Waals surface area contributed by atoms with Gasteiger partial charge in [-0.1, -0.05) is 0 Å². The van der Waals surface area contributed by atoms with E-state index >= 15 is 0 Å². The van der Waals surface area contributed by atoms with Crippen molar-refractivity contribution in [1.82, 2.24) is 20.0 Å². The molecule has 6 nitrogen and oxygen atoms in total. The average Bonchev–Trinajstić information content (AvgIpc) is 3.02. The number of halogens is 1. The van der Waals surface area contributed by atoms with Crippen molar-refractivity contribution in [3.8, 4) is 5.75 Å². The number of likely N-dealkylation sites (N-methyl/N-ethyl adjacent to an activating group) is 1. The van der Waals surface area contributed by atoms with Gasteiger partial charge in [0.2, 0.25) is 0 Å². The minimum absolute atomic E-state index is 0.0839. The summed E-state index contributed by atoms with van der Waals surface area (Å²) in [5.74, 6) is 0.435. The summed E-state index contributed by atoms with van der Waals surface area (Å²) in [6.07, 6.45) is 2.30. The lowest BCUT2D eigenvalue weighted by Crippen LogP contribution is -2.31. The van der Waals surface area contributed by atoms with E-state index in [2.05, 4.69) is 16.5 Å². The number of hydrogen-bond donors (Lipinski definition) is 1. The fraction of sp³-hybridized carbons (Fsp3) is 0.474. The molecule has 0 unspecified atom stereocenters. The maximum absolute atomic E-state index is 12.9. The zero-order chi connectivity index (χ0) is 18.5. The van der Waals surface area contributed by atoms with Gasteiger partial charge in [-0.3, -0.25) is 9.48 Å². The van der Waals surface area contributed by atoms with Crippen molar-refractivity contribution < 1.29 is 13.9 Å². The normalized spacial score (nSPS) is 17.1. The highest BCUT2D eigenvalue weighted by Gasteiger charge is 2.20. The van der Waals surface area contributed by atoms with Crippen molar-refractivity contribution in [2.75, 3.05) is 26.7 Å². The van der Waals surface area contributed by atoms with E-state index in [4.69, 9.17) is 4.74 Å². The predicted molar refractivity (Wildman–Crippen MR) is 96.4 cm³/mol. The molecule has 1 saturated heterocycles. The Bertz CT molecular complexity index is 738. The molecule has 2 heterocycles. The van der Waals surface area contributed by atoms with Gasteiger partial charge in [0.15, 0.2) is 6.61 Å². The SMILES string of the molecule is CN(Cc1cc([C@@H]2CCCNC2)nn1C)C(=O)COc1ccc(F)cc1. The number of benzene rings is 1. The van der Waals surface area contributed by atoms with Crippen molar-refractivity contribution in [3.05, 3.63) is 47.5 Å². The number of piperidine rings is 1. The molecule has 0 bridgehead atoms. The van der Waals surface area contributed by atoms with Crippen LogP contribution in [-0.4, -0.2) is 47.3 Å². The maximum Gasteiger partial charge on any atom is 0.260 e. The Kier molecular flexibility index (Phi) is 5.88. The fourth-order valence-electron chi connectivity index (χ4n) is 3.10. The third-order valence-corrected chi connectivity index (χ3v) is 4.71. The first kappa shape index (κ1) is 18.4. The van der Waals surface area contributed by atoms with Crippen LogP contribution in [0.5, 0.6) is 5.75 Å². The Balaban J connectivity index is 1.55. The maximum atomic E-state index is 12.9. The molecule has 7 heteroatoms. The second kappa shape index (κ2) is 8.31. The molecule has 2 aromatic rings. The summed E-state index contributed by atoms with van der Waals surface area (Å²) >= 11 is 0. The average molecular weight is 360 g/mol. The number of amides is 1. The molecule has 1 aliphatic rings. The predicted octanol–water partition coefficient (Wildman–Crippen LogP) is 2.06. The minimum atomic E-state index is -0.332. The quantitative estimate of drug-likeness (QED) is 0.857. The van der Waals surface area contributed by atoms with Crippen molar-refractivity contribution in [1.29, 1.82) is 0 Å². The summed E-state index contributed by atoms with van der Waals surface area (Å²) in [7, 11) is 3.65. The van der Waals surface area contributed by atoms with Crippen LogP contribution in [0.3, 0.4) is 0 Å². The first-order valence-corrected chi connectivity index (χ1v) is 8.89. The topological polar surface area (TPSA) is 59.4 Å². The number of nitrogens with one attached hydrogen (secondary N) is 1. The van der Waals surface area contributed by atoms with Gasteiger partial charge in [0, 0.05) is 26.6 Å². The van der Waals surface area contributed by atoms with E-state index in [1.165, 1.54) is 24.3 Å². The fourth-order valence-corrected chi connectivity index (χ4v) is 3.10. The van der Waals surface area contributed by atoms with E-state index in [0.29, 0.717) is 18.2 Å². The van der Waals surface area contributed by atoms with Crippen LogP contribution >= 0.6 is 0 Å². The number of nitrogens with zero attached hydrogens (tertiary/aromatic N) is 3. The molecule has 1 aromatic carbocycles. The van der Waals surface area contributed by atoms with Crippen molar-refractivity contribution in [2.24, 2.45) is 7.05 Å². The zero-order valence-corrected chi connectivity index (χ0v) is 15.2. The van der Waals surface area contributed by atoms with Crippen LogP contribution in [0.25, 0.3) is 0 Å². The van der Waals surface area contributed by atoms with Gasteiger partial charge >= 0.3 is 0 Å². The Morgan fingerprint density at radius 3 is 2.88 bits per heavy atom. The largest absolute Gasteiger partial charge is 0.484 e. The number of ether oxygens (including phenoxy) is 1. The number of rotatable bonds is 6. The lowest BCUT2D eigenvalue weighted by Gasteiger charge is -2.20. The minimum Gasteiger partial charge on any atom is -0.484 e. The molecule has 0 spiro atoms. The van der Waals surface area contributed by atoms with E-state index in [1.54, 1.807) is 11.9 Å². The van der Waals surface area contributed by atoms with Gasteiger partial charge in [0.05, 0.1) is 17.9 Å². The van der Waals surface area contributed by atoms with Crippen LogP contribution < -0.4 is 10.1 Å². The number of aromatic nitrogens is 2. The Morgan fingerprint density at radius 1 is 1.42 bits per heavy atom. The van der Waals surface area contributed by atoms with E-state index in [0.717, 1.165) is 37.3 Å². The van der Waals surface area contributed by atoms with E-state index in [-0.39, 0.29) is 18.3 Å². The second-order valence-corrected chi connectivity index (χ2v) is 6.72. The molecule has 0 saturated carbocycles. The van der Waals surface area contributed by atoms with Crippen LogP contribution in [0, 0.1) is 5.82 Å². The number of aryl methyl sites for hydroxylation is 1. The third kappa shape index (κ3) is 4.60. The molecular formula is C19H25FN4O2. The lowest BCUT2D eigenvalue weighted by molar-refractivity contribution is -0.132. The zero-order valence-electron chi connectivity index (χ0n) is 15.2. The van der Waals surface area contributed by atoms with Gasteiger partial charge < -0.3 is 15.0 Å². The second-order valence-electron chi connectivity index (χ2n) is 6.72. The van der Waals surface area contributed by atoms with Gasteiger partial charge in [-0.05, 0) is 49.7 Å². The highest BCUT2D eigenvalue weighted by Crippen LogP contribution is 2.23. The van der Waals surface area contributed by atoms with Crippen LogP contribution in [0.4, 0.5) is 4.39 Å². The van der Waals surface area contributed by atoms with Crippen LogP contribution in [0.1, 0.15) is 30.1 Å². The standard InChI is InChI=1S/C19H25FN4O2/c1-23(19(25)13-26-17-7-5-15(20)6-8-17)12-16-10-18(22-24(16)2)14-4-3-9-21-11-14/h5-8,10,14,21H,3-4,9,11-13H2,1-2H3/t14-/m1/s1. The molecule has 0 radical (unpaired) electrons. The number of carbonyl (C=O) groups is 1. The third-order valence-electron chi connectivity index (χ3n) is 4.71. The van der Waals surface area contributed by atoms with Crippen molar-refractivity contribution >= 4 is 5.91 Å². The lowest BCUT2D eigenvalue weighted by atomic mass is 9.96. The molecule has 1 fully saturated rings. The summed E-state index contributed by atoms with van der Waals surface area (Å²) in [5.41, 5.74) is 2.07. The summed E-state index contributed by atoms with van der Waals surface area (Å²) in [4.78, 5) is 13.9. The molecule has 0 aliphatic carbocycles. The highest BCUT2D eigenvalue weighted by molar-refractivity contribution is 5.77. The molecule has 1 N–H and O–H groups in total. The molecule has 3 rings (SSSR count). The molecule has 1 amide bonds. The van der Waals surface area contributed by atoms with E-state index in [9.17, 15) is 9.18 Å². The summed E-state index contributed by atoms with van der Waals surface area (Å²) in [6.45, 7) is 2.41. The molecule has 1 aliphatic heterocycles. The van der Waals surface area contributed by atoms with Crippen molar-refractivity contribution in [2.45, 2.75) is 25.3 Å². The Labute approximate surface area is 152 Å². The molecule has 1 atom stereocenters. The molecule has 1 aromatic heterocycles. The molecule has 26 heavy (non-hydrogen) atoms. The van der Waals surface area contributed by atoms with Crippen LogP contribution in [0.15, 0.2) is 30.3 Å². The van der Waals surface area contributed by atoms with Gasteiger partial charge in [-0.15, -0.1) is 0 Å². The van der Waals surface area contributed by atoms with Gasteiger partial charge in [0.25, 0.3) is 5.91 Å². The molecular weight excluding hydrogens is 335 g/mol. The van der Waals surface area contributed by atoms with Crippen LogP contribution in [-0.2, 0) is 18.4 Å². The van der Waals surface area contributed by atoms with Crippen molar-refractivity contribution in [3.63, 3.8) is 0 Å². The van der Waals surface area contributed by atoms with Crippen LogP contribution in [0.2, 0.25) is 0 Å². The Morgan fingerprint density at radius 2 is 2.19 bits per heavy atom. The monoisotopic (exact) mass is 360 g/mol. The highest BCUT2D eigenvalue weighted by atomic mass is 19.1. The summed E-state index contributed by atoms with van der Waals surface area (Å²) in [5, 5.41) is 8.02. The Hall–Kier alpha value is -2.41. The smallest absolute Gasteiger partial charge is 0.260 e. The van der Waals surface area contributed by atoms with Gasteiger partial charge in [-0.2, -0.15) is 5.10 Å². The van der Waals surface area contributed by atoms with E-state index < -0.39 is 0 Å². The summed E-state index contributed by atoms with van der Waals surface area (Å²) < 4.78 is 20.2. The summed E-state index contributed by atoms with van der Waals surface area (Å²) in [6, 6.07) is 7.71. The molecule has 140 valence electrons. The van der Waals surface area contributed by atoms with E-state index in [1.807, 2.05) is 11.7 Å². The number of carbonyl (C=O) groups excluding carboxylic acids is 1. The van der Waals surface area contributed by atoms with Gasteiger partial charge in [-0.25, -0.2) is 4.39 Å². The first-order valence-electron chi connectivity index (χ1n) is 8.89. The number of hydrogen-bond acceptors (Lipinski definition) is 4. The van der Waals surface area contributed by atoms with Gasteiger partial charge in [0.1, 0.15) is 11.6 Å². The first-order chi connectivity index (χ1) is 12.5.